The Hall–Kier alpha value is -5.72. The molecule has 9 rings (SSSR count). The predicted molar refractivity (Wildman–Crippen MR) is 251 cm³/mol. The van der Waals surface area contributed by atoms with E-state index in [9.17, 15) is 23.3 Å². The molecule has 3 aliphatic heterocycles. The molecule has 0 unspecified atom stereocenters. The number of hydrogen-bond acceptors (Lipinski definition) is 13. The van der Waals surface area contributed by atoms with Crippen molar-refractivity contribution >= 4 is 72.6 Å². The summed E-state index contributed by atoms with van der Waals surface area (Å²) in [5.74, 6) is -0.522. The molecule has 5 heterocycles. The third kappa shape index (κ3) is 9.80. The highest BCUT2D eigenvalue weighted by Crippen LogP contribution is 2.44. The number of carbonyl (C=O) groups is 1. The van der Waals surface area contributed by atoms with Gasteiger partial charge in [0.05, 0.1) is 53.5 Å². The molecule has 0 spiro atoms. The van der Waals surface area contributed by atoms with E-state index in [1.807, 2.05) is 48.2 Å². The number of nitrogens with one attached hydrogen (secondary N) is 3. The van der Waals surface area contributed by atoms with Crippen molar-refractivity contribution in [2.75, 3.05) is 80.8 Å². The van der Waals surface area contributed by atoms with E-state index in [4.69, 9.17) is 30.8 Å². The molecule has 16 nitrogen and oxygen atoms in total. The Bertz CT molecular complexity index is 2750. The smallest absolute Gasteiger partial charge is 0.293 e. The van der Waals surface area contributed by atoms with Gasteiger partial charge in [-0.25, -0.2) is 13.1 Å². The SMILES string of the molecule is C[C@@H]1CN(c2cc(N3CCN(CC4=C(c5ccc(Cl)cc5)CC(C)(C)CC4)CC3)ccc2C(=O)NS(=O)(=O)c2ccc(NC[C@H]3COCCO3)c([N+](=O)[O-])c2)c2cc3cc[nH]c3nc2O1. The molecule has 18 heteroatoms. The molecule has 2 atom stereocenters. The monoisotopic (exact) mass is 924 g/mol. The number of H-pyrrole nitrogens is 1. The van der Waals surface area contributed by atoms with Crippen molar-refractivity contribution in [3.63, 3.8) is 0 Å². The van der Waals surface area contributed by atoms with Gasteiger partial charge < -0.3 is 34.3 Å². The maximum atomic E-state index is 14.4. The Morgan fingerprint density at radius 3 is 2.57 bits per heavy atom. The number of anilines is 4. The minimum Gasteiger partial charge on any atom is -0.471 e. The molecular weight excluding hydrogens is 872 g/mol. The first-order chi connectivity index (χ1) is 31.2. The van der Waals surface area contributed by atoms with Gasteiger partial charge >= 0.3 is 0 Å². The van der Waals surface area contributed by atoms with Crippen LogP contribution in [0.25, 0.3) is 16.6 Å². The lowest BCUT2D eigenvalue weighted by molar-refractivity contribution is -0.384. The van der Waals surface area contributed by atoms with Crippen molar-refractivity contribution in [2.45, 2.75) is 57.1 Å². The van der Waals surface area contributed by atoms with E-state index in [0.29, 0.717) is 49.3 Å². The predicted octanol–water partition coefficient (Wildman–Crippen LogP) is 7.78. The Kier molecular flexibility index (Phi) is 12.5. The summed E-state index contributed by atoms with van der Waals surface area (Å²) in [6, 6.07) is 20.9. The van der Waals surface area contributed by atoms with Crippen LogP contribution in [-0.4, -0.2) is 112 Å². The number of benzene rings is 3. The van der Waals surface area contributed by atoms with Gasteiger partial charge in [0.15, 0.2) is 0 Å². The van der Waals surface area contributed by atoms with E-state index < -0.39 is 31.4 Å². The van der Waals surface area contributed by atoms with Gasteiger partial charge in [0.2, 0.25) is 5.88 Å². The fourth-order valence-electron chi connectivity index (χ4n) is 9.17. The molecule has 3 N–H and O–H groups in total. The Balaban J connectivity index is 0.987. The molecule has 3 aromatic carbocycles. The van der Waals surface area contributed by atoms with E-state index in [2.05, 4.69) is 50.8 Å². The summed E-state index contributed by atoms with van der Waals surface area (Å²) in [4.78, 5) is 40.0. The van der Waals surface area contributed by atoms with Crippen molar-refractivity contribution < 1.29 is 32.3 Å². The average Bonchev–Trinajstić information content (AvgIpc) is 3.76. The molecule has 342 valence electrons. The van der Waals surface area contributed by atoms with Gasteiger partial charge in [0, 0.05) is 67.6 Å². The molecule has 0 bridgehead atoms. The summed E-state index contributed by atoms with van der Waals surface area (Å²) >= 11 is 6.27. The number of aromatic amines is 1. The molecule has 2 aromatic heterocycles. The van der Waals surface area contributed by atoms with Gasteiger partial charge in [0.1, 0.15) is 23.1 Å². The number of piperazine rings is 1. The Labute approximate surface area is 383 Å². The zero-order valence-corrected chi connectivity index (χ0v) is 38.2. The van der Waals surface area contributed by atoms with Crippen LogP contribution < -0.4 is 24.6 Å². The lowest BCUT2D eigenvalue weighted by atomic mass is 9.72. The fourth-order valence-corrected chi connectivity index (χ4v) is 10.3. The maximum Gasteiger partial charge on any atom is 0.293 e. The van der Waals surface area contributed by atoms with Crippen LogP contribution >= 0.6 is 11.6 Å². The number of ether oxygens (including phenoxy) is 3. The minimum atomic E-state index is -4.60. The molecule has 1 aliphatic carbocycles. The maximum absolute atomic E-state index is 14.4. The number of halogens is 1. The van der Waals surface area contributed by atoms with Crippen molar-refractivity contribution in [2.24, 2.45) is 5.41 Å². The van der Waals surface area contributed by atoms with Gasteiger partial charge in [-0.3, -0.25) is 19.8 Å². The highest BCUT2D eigenvalue weighted by atomic mass is 35.5. The van der Waals surface area contributed by atoms with Gasteiger partial charge in [-0.05, 0) is 97.3 Å². The van der Waals surface area contributed by atoms with Crippen LogP contribution in [0.5, 0.6) is 5.88 Å². The number of rotatable bonds is 12. The quantitative estimate of drug-likeness (QED) is 0.0815. The van der Waals surface area contributed by atoms with Crippen LogP contribution in [0.2, 0.25) is 5.02 Å². The molecule has 2 saturated heterocycles. The Morgan fingerprint density at radius 1 is 1.02 bits per heavy atom. The molecule has 65 heavy (non-hydrogen) atoms. The Morgan fingerprint density at radius 2 is 1.82 bits per heavy atom. The van der Waals surface area contributed by atoms with Crippen molar-refractivity contribution in [3.8, 4) is 5.88 Å². The van der Waals surface area contributed by atoms with Gasteiger partial charge in [0.25, 0.3) is 21.6 Å². The number of hydrogen-bond donors (Lipinski definition) is 3. The lowest BCUT2D eigenvalue weighted by Crippen LogP contribution is -2.47. The molecule has 0 saturated carbocycles. The van der Waals surface area contributed by atoms with Crippen LogP contribution in [0, 0.1) is 15.5 Å². The minimum absolute atomic E-state index is 0.0922. The summed E-state index contributed by atoms with van der Waals surface area (Å²) in [7, 11) is -4.60. The van der Waals surface area contributed by atoms with Crippen LogP contribution in [0.1, 0.15) is 56.0 Å². The third-order valence-corrected chi connectivity index (χ3v) is 14.3. The van der Waals surface area contributed by atoms with Crippen molar-refractivity contribution in [1.82, 2.24) is 19.6 Å². The number of amides is 1. The molecule has 5 aromatic rings. The number of sulfonamides is 1. The van der Waals surface area contributed by atoms with Crippen LogP contribution in [0.4, 0.5) is 28.4 Å². The van der Waals surface area contributed by atoms with Crippen LogP contribution in [0.3, 0.4) is 0 Å². The molecule has 2 fully saturated rings. The molecule has 0 radical (unpaired) electrons. The molecule has 4 aliphatic rings. The standard InChI is InChI=1S/C47H53ClN8O8S/c1-30-27-55(43-22-32-13-15-49-44(32)51-46(43)64-30)41-23-35(54-18-16-53(17-19-54)28-33-12-14-47(2,3)25-39(33)31-4-6-34(48)7-5-31)8-10-38(41)45(57)52-65(60,61)37-9-11-40(42(24-37)56(58)59)50-26-36-29-62-20-21-63-36/h4-11,13,15,22-24,30,36,50H,12,14,16-21,25-29H2,1-3H3,(H,49,51)(H,52,57)/t30-,36+/m1/s1. The number of nitro benzene ring substituents is 1. The first kappa shape index (κ1) is 44.5. The normalized spacial score (nSPS) is 20.3. The van der Waals surface area contributed by atoms with Crippen molar-refractivity contribution in [3.05, 3.63) is 111 Å². The zero-order valence-electron chi connectivity index (χ0n) is 36.6. The highest BCUT2D eigenvalue weighted by molar-refractivity contribution is 7.90. The fraction of sp³-hybridized carbons (Fsp3) is 0.404. The number of pyridine rings is 1. The molecule has 1 amide bonds. The van der Waals surface area contributed by atoms with Gasteiger partial charge in [-0.2, -0.15) is 4.98 Å². The number of allylic oxidation sites excluding steroid dienone is 1. The van der Waals surface area contributed by atoms with Gasteiger partial charge in [-0.1, -0.05) is 43.2 Å². The number of carbonyl (C=O) groups excluding carboxylic acids is 1. The second-order valence-corrected chi connectivity index (χ2v) is 20.1. The van der Waals surface area contributed by atoms with Crippen LogP contribution in [-0.2, 0) is 19.5 Å². The topological polar surface area (TPSA) is 185 Å². The van der Waals surface area contributed by atoms with E-state index >= 15 is 0 Å². The molecular formula is C47H53ClN8O8S. The first-order valence-electron chi connectivity index (χ1n) is 22.0. The van der Waals surface area contributed by atoms with Crippen molar-refractivity contribution in [1.29, 1.82) is 0 Å². The third-order valence-electron chi connectivity index (χ3n) is 12.7. The number of fused-ring (bicyclic) bond motifs is 2. The van der Waals surface area contributed by atoms with E-state index in [1.54, 1.807) is 12.3 Å². The van der Waals surface area contributed by atoms with E-state index in [-0.39, 0.29) is 35.4 Å². The zero-order chi connectivity index (χ0) is 45.5. The number of aromatic nitrogens is 2. The summed E-state index contributed by atoms with van der Waals surface area (Å²) < 4.78 is 47.3. The second-order valence-electron chi connectivity index (χ2n) is 18.0. The average molecular weight is 926 g/mol. The first-order valence-corrected chi connectivity index (χ1v) is 23.9. The summed E-state index contributed by atoms with van der Waals surface area (Å²) in [5.41, 5.74) is 6.68. The van der Waals surface area contributed by atoms with E-state index in [0.717, 1.165) is 74.1 Å². The summed E-state index contributed by atoms with van der Waals surface area (Å²) in [5, 5.41) is 16.7. The van der Waals surface area contributed by atoms with Gasteiger partial charge in [-0.15, -0.1) is 0 Å². The largest absolute Gasteiger partial charge is 0.471 e. The number of nitrogens with zero attached hydrogens (tertiary/aromatic N) is 5. The van der Waals surface area contributed by atoms with Crippen LogP contribution in [0.15, 0.2) is 89.5 Å². The summed E-state index contributed by atoms with van der Waals surface area (Å²) in [6.45, 7) is 12.4. The number of nitro groups is 1. The summed E-state index contributed by atoms with van der Waals surface area (Å²) in [6.07, 6.45) is 4.32. The lowest BCUT2D eigenvalue weighted by Gasteiger charge is -2.40. The van der Waals surface area contributed by atoms with E-state index in [1.165, 1.54) is 28.8 Å². The second kappa shape index (κ2) is 18.3. The highest BCUT2D eigenvalue weighted by Gasteiger charge is 2.33.